The first-order chi connectivity index (χ1) is 14.5. The quantitative estimate of drug-likeness (QED) is 0.656. The summed E-state index contributed by atoms with van der Waals surface area (Å²) in [5.41, 5.74) is 0.813. The smallest absolute Gasteiger partial charge is 0.359 e. The van der Waals surface area contributed by atoms with E-state index >= 15 is 0 Å². The molecule has 1 N–H and O–H groups in total. The van der Waals surface area contributed by atoms with Gasteiger partial charge in [-0.3, -0.25) is 4.79 Å². The van der Waals surface area contributed by atoms with E-state index in [1.807, 2.05) is 0 Å². The molecule has 3 rings (SSSR count). The van der Waals surface area contributed by atoms with Crippen molar-refractivity contribution in [1.82, 2.24) is 15.5 Å². The van der Waals surface area contributed by atoms with Gasteiger partial charge in [0.2, 0.25) is 0 Å². The summed E-state index contributed by atoms with van der Waals surface area (Å²) in [5, 5.41) is 10.8. The number of rotatable bonds is 8. The molecule has 0 aliphatic carbocycles. The molecule has 30 heavy (non-hydrogen) atoms. The van der Waals surface area contributed by atoms with Crippen LogP contribution >= 0.6 is 0 Å². The van der Waals surface area contributed by atoms with Crippen molar-refractivity contribution in [3.8, 4) is 11.5 Å². The molecule has 1 aliphatic heterocycles. The largest absolute Gasteiger partial charge is 0.497 e. The van der Waals surface area contributed by atoms with Crippen molar-refractivity contribution in [3.05, 3.63) is 41.6 Å². The van der Waals surface area contributed by atoms with Gasteiger partial charge in [0.15, 0.2) is 18.1 Å². The van der Waals surface area contributed by atoms with Gasteiger partial charge >= 0.3 is 5.97 Å². The summed E-state index contributed by atoms with van der Waals surface area (Å²) in [6.07, 6.45) is 2.25. The molecule has 160 valence electrons. The highest BCUT2D eigenvalue weighted by atomic mass is 16.5. The lowest BCUT2D eigenvalue weighted by Crippen LogP contribution is -2.31. The highest BCUT2D eigenvalue weighted by Gasteiger charge is 2.19. The van der Waals surface area contributed by atoms with Crippen LogP contribution in [0.15, 0.2) is 30.3 Å². The van der Waals surface area contributed by atoms with E-state index in [-0.39, 0.29) is 11.7 Å². The van der Waals surface area contributed by atoms with Crippen molar-refractivity contribution in [1.29, 1.82) is 0 Å². The van der Waals surface area contributed by atoms with Gasteiger partial charge in [0.1, 0.15) is 11.5 Å². The molecule has 2 heterocycles. The molecule has 0 saturated carbocycles. The van der Waals surface area contributed by atoms with Crippen molar-refractivity contribution < 1.29 is 23.8 Å². The number of carbonyl (C=O) groups excluding carboxylic acids is 2. The minimum atomic E-state index is -0.697. The number of methoxy groups -OCH3 is 2. The first-order valence-corrected chi connectivity index (χ1v) is 9.79. The Morgan fingerprint density at radius 1 is 1.10 bits per heavy atom. The van der Waals surface area contributed by atoms with E-state index in [4.69, 9.17) is 14.2 Å². The first kappa shape index (κ1) is 21.4. The van der Waals surface area contributed by atoms with Gasteiger partial charge in [-0.25, -0.2) is 4.79 Å². The number of anilines is 1. The Kier molecular flexibility index (Phi) is 7.05. The Balaban J connectivity index is 1.53. The molecule has 1 aliphatic rings. The summed E-state index contributed by atoms with van der Waals surface area (Å²) in [5.74, 6) is 0.866. The summed E-state index contributed by atoms with van der Waals surface area (Å²) < 4.78 is 15.6. The third-order valence-electron chi connectivity index (χ3n) is 4.90. The summed E-state index contributed by atoms with van der Waals surface area (Å²) in [4.78, 5) is 26.5. The van der Waals surface area contributed by atoms with E-state index in [0.29, 0.717) is 11.5 Å². The van der Waals surface area contributed by atoms with Gasteiger partial charge in [0.05, 0.1) is 20.3 Å². The normalized spacial score (nSPS) is 14.2. The van der Waals surface area contributed by atoms with Crippen molar-refractivity contribution in [2.45, 2.75) is 25.8 Å². The lowest BCUT2D eigenvalue weighted by Gasteiger charge is -2.18. The summed E-state index contributed by atoms with van der Waals surface area (Å²) in [7, 11) is 3.12. The zero-order chi connectivity index (χ0) is 21.5. The number of hydrogen-bond acceptors (Lipinski definition) is 8. The number of benzene rings is 1. The van der Waals surface area contributed by atoms with E-state index in [1.54, 1.807) is 51.5 Å². The molecule has 1 amide bonds. The van der Waals surface area contributed by atoms with Gasteiger partial charge in [-0.05, 0) is 50.1 Å². The van der Waals surface area contributed by atoms with Crippen LogP contribution in [0.3, 0.4) is 0 Å². The van der Waals surface area contributed by atoms with Gasteiger partial charge in [0, 0.05) is 18.7 Å². The molecule has 1 saturated heterocycles. The molecule has 1 aromatic heterocycles. The van der Waals surface area contributed by atoms with Crippen LogP contribution in [0.4, 0.5) is 5.82 Å². The predicted octanol–water partition coefficient (Wildman–Crippen LogP) is 2.13. The Hall–Kier alpha value is -3.36. The molecule has 1 aromatic carbocycles. The van der Waals surface area contributed by atoms with Crippen LogP contribution in [0, 0.1) is 0 Å². The fraction of sp³-hybridized carbons (Fsp3) is 0.429. The maximum Gasteiger partial charge on any atom is 0.359 e. The van der Waals surface area contributed by atoms with Crippen LogP contribution in [0.2, 0.25) is 0 Å². The maximum absolute atomic E-state index is 12.2. The zero-order valence-corrected chi connectivity index (χ0v) is 17.4. The summed E-state index contributed by atoms with van der Waals surface area (Å²) in [6.45, 7) is 3.26. The fourth-order valence-electron chi connectivity index (χ4n) is 3.29. The van der Waals surface area contributed by atoms with Crippen LogP contribution < -0.4 is 19.7 Å². The highest BCUT2D eigenvalue weighted by molar-refractivity contribution is 5.89. The number of hydrogen-bond donors (Lipinski definition) is 1. The number of aromatic nitrogens is 2. The molecule has 9 heteroatoms. The number of ether oxygens (including phenoxy) is 3. The van der Waals surface area contributed by atoms with Crippen LogP contribution in [0.5, 0.6) is 11.5 Å². The first-order valence-electron chi connectivity index (χ1n) is 9.79. The predicted molar refractivity (Wildman–Crippen MR) is 110 cm³/mol. The summed E-state index contributed by atoms with van der Waals surface area (Å²) in [6, 6.07) is 8.25. The minimum Gasteiger partial charge on any atom is -0.497 e. The van der Waals surface area contributed by atoms with Crippen LogP contribution in [0.1, 0.15) is 41.9 Å². The van der Waals surface area contributed by atoms with Crippen molar-refractivity contribution in [2.75, 3.05) is 38.8 Å². The third-order valence-corrected chi connectivity index (χ3v) is 4.90. The average Bonchev–Trinajstić information content (AvgIpc) is 3.32. The lowest BCUT2D eigenvalue weighted by atomic mass is 10.1. The third kappa shape index (κ3) is 5.16. The second-order valence-corrected chi connectivity index (χ2v) is 6.94. The van der Waals surface area contributed by atoms with Crippen molar-refractivity contribution >= 4 is 17.7 Å². The lowest BCUT2D eigenvalue weighted by molar-refractivity contribution is -0.124. The molecule has 0 radical (unpaired) electrons. The van der Waals surface area contributed by atoms with Crippen LogP contribution in [0.25, 0.3) is 0 Å². The molecule has 0 spiro atoms. The molecular weight excluding hydrogens is 388 g/mol. The van der Waals surface area contributed by atoms with Crippen molar-refractivity contribution in [2.24, 2.45) is 0 Å². The van der Waals surface area contributed by atoms with Gasteiger partial charge in [-0.2, -0.15) is 0 Å². The van der Waals surface area contributed by atoms with E-state index in [0.717, 1.165) is 37.3 Å². The Morgan fingerprint density at radius 2 is 1.87 bits per heavy atom. The number of amides is 1. The molecule has 9 nitrogen and oxygen atoms in total. The molecular formula is C21H26N4O5. The van der Waals surface area contributed by atoms with Gasteiger partial charge in [0.25, 0.3) is 5.91 Å². The fourth-order valence-corrected chi connectivity index (χ4v) is 3.29. The second kappa shape index (κ2) is 9.91. The van der Waals surface area contributed by atoms with E-state index in [9.17, 15) is 9.59 Å². The molecule has 1 atom stereocenters. The van der Waals surface area contributed by atoms with E-state index in [2.05, 4.69) is 20.4 Å². The number of esters is 1. The number of nitrogens with zero attached hydrogens (tertiary/aromatic N) is 3. The maximum atomic E-state index is 12.2. The van der Waals surface area contributed by atoms with Crippen LogP contribution in [-0.2, 0) is 9.53 Å². The number of nitrogens with one attached hydrogen (secondary N) is 1. The summed E-state index contributed by atoms with van der Waals surface area (Å²) >= 11 is 0. The van der Waals surface area contributed by atoms with Gasteiger partial charge in [-0.1, -0.05) is 0 Å². The minimum absolute atomic E-state index is 0.0632. The SMILES string of the molecule is COc1ccc(OC)c(C(C)NC(=O)COC(=O)c2ccc(N3CCCC3)nn2)c1. The van der Waals surface area contributed by atoms with Crippen LogP contribution in [-0.4, -0.2) is 56.0 Å². The molecule has 1 fully saturated rings. The van der Waals surface area contributed by atoms with Gasteiger partial charge < -0.3 is 24.4 Å². The standard InChI is InChI=1S/C21H26N4O5/c1-14(16-12-15(28-2)6-8-18(16)29-3)22-20(26)13-30-21(27)17-7-9-19(24-23-17)25-10-4-5-11-25/h6-9,12,14H,4-5,10-11,13H2,1-3H3,(H,22,26). The van der Waals surface area contributed by atoms with E-state index in [1.165, 1.54) is 0 Å². The van der Waals surface area contributed by atoms with Gasteiger partial charge in [-0.15, -0.1) is 10.2 Å². The van der Waals surface area contributed by atoms with E-state index < -0.39 is 18.5 Å². The molecule has 0 bridgehead atoms. The molecule has 2 aromatic rings. The Bertz CT molecular complexity index is 881. The molecule has 1 unspecified atom stereocenters. The Labute approximate surface area is 175 Å². The van der Waals surface area contributed by atoms with Crippen molar-refractivity contribution in [3.63, 3.8) is 0 Å². The number of carbonyl (C=O) groups is 2. The average molecular weight is 414 g/mol. The monoisotopic (exact) mass is 414 g/mol. The topological polar surface area (TPSA) is 103 Å². The highest BCUT2D eigenvalue weighted by Crippen LogP contribution is 2.29. The Morgan fingerprint density at radius 3 is 2.50 bits per heavy atom. The zero-order valence-electron chi connectivity index (χ0n) is 17.4. The second-order valence-electron chi connectivity index (χ2n) is 6.94.